The third-order valence-electron chi connectivity index (χ3n) is 3.61. The normalized spacial score (nSPS) is 11.7. The number of amides is 1. The van der Waals surface area contributed by atoms with Gasteiger partial charge in [0, 0.05) is 23.4 Å². The lowest BCUT2D eigenvalue weighted by molar-refractivity contribution is -0.148. The van der Waals surface area contributed by atoms with E-state index in [1.54, 1.807) is 25.3 Å². The van der Waals surface area contributed by atoms with E-state index in [-0.39, 0.29) is 0 Å². The second kappa shape index (κ2) is 9.38. The molecule has 0 aliphatic carbocycles. The monoisotopic (exact) mass is 373 g/mol. The Labute approximate surface area is 156 Å². The Morgan fingerprint density at radius 1 is 1.07 bits per heavy atom. The minimum absolute atomic E-state index is 0.405. The number of carbonyl (C=O) groups excluding carboxylic acids is 2. The fraction of sp³-hybridized carbons (Fsp3) is 0.200. The Morgan fingerprint density at radius 3 is 2.41 bits per heavy atom. The molecule has 0 aliphatic heterocycles. The molecule has 7 heteroatoms. The number of hydrogen-bond donors (Lipinski definition) is 1. The summed E-state index contributed by atoms with van der Waals surface area (Å²) in [5.74, 6) is -0.468. The Balaban J connectivity index is 1.95. The second-order valence-electron chi connectivity index (χ2n) is 5.52. The zero-order chi connectivity index (χ0) is 19.8. The summed E-state index contributed by atoms with van der Waals surface area (Å²) >= 11 is 0. The van der Waals surface area contributed by atoms with E-state index in [0.717, 1.165) is 0 Å². The van der Waals surface area contributed by atoms with Crippen LogP contribution in [0.1, 0.15) is 12.5 Å². The maximum atomic E-state index is 12.9. The van der Waals surface area contributed by atoms with Gasteiger partial charge in [0.05, 0.1) is 14.2 Å². The summed E-state index contributed by atoms with van der Waals surface area (Å²) < 4.78 is 28.3. The van der Waals surface area contributed by atoms with Gasteiger partial charge in [0.1, 0.15) is 17.3 Å². The molecule has 2 rings (SSSR count). The van der Waals surface area contributed by atoms with E-state index >= 15 is 0 Å². The smallest absolute Gasteiger partial charge is 0.331 e. The first kappa shape index (κ1) is 20.0. The molecule has 2 aromatic carbocycles. The van der Waals surface area contributed by atoms with Gasteiger partial charge in [-0.2, -0.15) is 0 Å². The highest BCUT2D eigenvalue weighted by Gasteiger charge is 2.16. The SMILES string of the molecule is COc1ccc(/C=C/C(=O)O[C@H](C)C(=O)Nc2ccc(F)cc2)c(OC)c1. The van der Waals surface area contributed by atoms with Crippen molar-refractivity contribution in [1.29, 1.82) is 0 Å². The summed E-state index contributed by atoms with van der Waals surface area (Å²) in [5, 5.41) is 2.54. The van der Waals surface area contributed by atoms with E-state index in [2.05, 4.69) is 5.32 Å². The summed E-state index contributed by atoms with van der Waals surface area (Å²) in [4.78, 5) is 24.0. The Hall–Kier alpha value is -3.35. The van der Waals surface area contributed by atoms with Crippen LogP contribution >= 0.6 is 0 Å². The van der Waals surface area contributed by atoms with Crippen molar-refractivity contribution < 1.29 is 28.2 Å². The molecule has 0 bridgehead atoms. The summed E-state index contributed by atoms with van der Waals surface area (Å²) in [6, 6.07) is 10.4. The lowest BCUT2D eigenvalue weighted by Crippen LogP contribution is -2.29. The molecule has 0 aromatic heterocycles. The van der Waals surface area contributed by atoms with Crippen LogP contribution in [0.4, 0.5) is 10.1 Å². The van der Waals surface area contributed by atoms with Crippen molar-refractivity contribution in [3.8, 4) is 11.5 Å². The largest absolute Gasteiger partial charge is 0.497 e. The topological polar surface area (TPSA) is 73.9 Å². The van der Waals surface area contributed by atoms with Gasteiger partial charge in [-0.15, -0.1) is 0 Å². The number of anilines is 1. The van der Waals surface area contributed by atoms with Crippen LogP contribution in [0.5, 0.6) is 11.5 Å². The lowest BCUT2D eigenvalue weighted by Gasteiger charge is -2.12. The molecule has 6 nitrogen and oxygen atoms in total. The highest BCUT2D eigenvalue weighted by Crippen LogP contribution is 2.25. The van der Waals surface area contributed by atoms with Crippen molar-refractivity contribution in [1.82, 2.24) is 0 Å². The number of rotatable bonds is 7. The van der Waals surface area contributed by atoms with Crippen LogP contribution in [0.15, 0.2) is 48.5 Å². The zero-order valence-electron chi connectivity index (χ0n) is 15.2. The van der Waals surface area contributed by atoms with Gasteiger partial charge in [-0.05, 0) is 49.4 Å². The van der Waals surface area contributed by atoms with Crippen LogP contribution in [0, 0.1) is 5.82 Å². The van der Waals surface area contributed by atoms with Crippen LogP contribution in [0.25, 0.3) is 6.08 Å². The standard InChI is InChI=1S/C20H20FNO5/c1-13(20(24)22-16-8-6-15(21)7-9-16)27-19(23)11-5-14-4-10-17(25-2)12-18(14)26-3/h4-13H,1-3H3,(H,22,24)/b11-5+/t13-/m1/s1. The van der Waals surface area contributed by atoms with Crippen molar-refractivity contribution >= 4 is 23.6 Å². The van der Waals surface area contributed by atoms with Gasteiger partial charge in [0.15, 0.2) is 6.10 Å². The third-order valence-corrected chi connectivity index (χ3v) is 3.61. The number of hydrogen-bond acceptors (Lipinski definition) is 5. The van der Waals surface area contributed by atoms with E-state index in [4.69, 9.17) is 14.2 Å². The number of esters is 1. The number of ether oxygens (including phenoxy) is 3. The molecule has 1 amide bonds. The van der Waals surface area contributed by atoms with E-state index in [9.17, 15) is 14.0 Å². The molecule has 27 heavy (non-hydrogen) atoms. The lowest BCUT2D eigenvalue weighted by atomic mass is 10.1. The quantitative estimate of drug-likeness (QED) is 0.595. The van der Waals surface area contributed by atoms with Crippen molar-refractivity contribution in [3.05, 3.63) is 59.9 Å². The van der Waals surface area contributed by atoms with Crippen molar-refractivity contribution in [3.63, 3.8) is 0 Å². The van der Waals surface area contributed by atoms with Gasteiger partial charge in [-0.1, -0.05) is 0 Å². The van der Waals surface area contributed by atoms with Crippen LogP contribution in [-0.4, -0.2) is 32.2 Å². The Kier molecular flexibility index (Phi) is 6.93. The van der Waals surface area contributed by atoms with E-state index in [1.165, 1.54) is 50.5 Å². The molecule has 142 valence electrons. The number of carbonyl (C=O) groups is 2. The maximum absolute atomic E-state index is 12.9. The molecule has 2 aromatic rings. The van der Waals surface area contributed by atoms with Crippen LogP contribution in [0.3, 0.4) is 0 Å². The molecular weight excluding hydrogens is 353 g/mol. The summed E-state index contributed by atoms with van der Waals surface area (Å²) in [6.07, 6.45) is 1.70. The number of methoxy groups -OCH3 is 2. The molecule has 0 heterocycles. The molecule has 0 unspecified atom stereocenters. The molecule has 0 saturated carbocycles. The van der Waals surface area contributed by atoms with Crippen molar-refractivity contribution in [2.24, 2.45) is 0 Å². The predicted molar refractivity (Wildman–Crippen MR) is 99.2 cm³/mol. The van der Waals surface area contributed by atoms with E-state index in [0.29, 0.717) is 22.7 Å². The molecule has 0 spiro atoms. The van der Waals surface area contributed by atoms with Crippen LogP contribution < -0.4 is 14.8 Å². The van der Waals surface area contributed by atoms with Gasteiger partial charge in [0.2, 0.25) is 0 Å². The zero-order valence-corrected chi connectivity index (χ0v) is 15.2. The van der Waals surface area contributed by atoms with Gasteiger partial charge >= 0.3 is 5.97 Å². The summed E-state index contributed by atoms with van der Waals surface area (Å²) in [7, 11) is 3.05. The van der Waals surface area contributed by atoms with Crippen LogP contribution in [-0.2, 0) is 14.3 Å². The van der Waals surface area contributed by atoms with Crippen molar-refractivity contribution in [2.45, 2.75) is 13.0 Å². The van der Waals surface area contributed by atoms with E-state index in [1.807, 2.05) is 0 Å². The predicted octanol–water partition coefficient (Wildman–Crippen LogP) is 3.43. The summed E-state index contributed by atoms with van der Waals surface area (Å²) in [6.45, 7) is 1.44. The maximum Gasteiger partial charge on any atom is 0.331 e. The first-order chi connectivity index (χ1) is 12.9. The van der Waals surface area contributed by atoms with Crippen molar-refractivity contribution in [2.75, 3.05) is 19.5 Å². The van der Waals surface area contributed by atoms with E-state index < -0.39 is 23.8 Å². The number of nitrogens with one attached hydrogen (secondary N) is 1. The van der Waals surface area contributed by atoms with Gasteiger partial charge in [-0.25, -0.2) is 9.18 Å². The fourth-order valence-corrected chi connectivity index (χ4v) is 2.16. The molecule has 0 saturated heterocycles. The number of halogens is 1. The molecular formula is C20H20FNO5. The second-order valence-corrected chi connectivity index (χ2v) is 5.52. The van der Waals surface area contributed by atoms with Gasteiger partial charge in [0.25, 0.3) is 5.91 Å². The average molecular weight is 373 g/mol. The van der Waals surface area contributed by atoms with Gasteiger partial charge in [-0.3, -0.25) is 4.79 Å². The highest BCUT2D eigenvalue weighted by molar-refractivity contribution is 5.96. The first-order valence-electron chi connectivity index (χ1n) is 8.10. The van der Waals surface area contributed by atoms with Crippen LogP contribution in [0.2, 0.25) is 0 Å². The Bertz CT molecular complexity index is 833. The van der Waals surface area contributed by atoms with Gasteiger partial charge < -0.3 is 19.5 Å². The molecule has 0 fully saturated rings. The fourth-order valence-electron chi connectivity index (χ4n) is 2.16. The molecule has 1 N–H and O–H groups in total. The minimum atomic E-state index is -1.02. The molecule has 0 radical (unpaired) electrons. The highest BCUT2D eigenvalue weighted by atomic mass is 19.1. The first-order valence-corrected chi connectivity index (χ1v) is 8.10. The Morgan fingerprint density at radius 2 is 1.78 bits per heavy atom. The number of benzene rings is 2. The minimum Gasteiger partial charge on any atom is -0.497 e. The third kappa shape index (κ3) is 5.85. The summed E-state index contributed by atoms with van der Waals surface area (Å²) in [5.41, 5.74) is 1.06. The molecule has 0 aliphatic rings. The molecule has 1 atom stereocenters. The average Bonchev–Trinajstić information content (AvgIpc) is 2.67.